The number of rotatable bonds is 9. The van der Waals surface area contributed by atoms with Gasteiger partial charge in [0, 0.05) is 30.2 Å². The van der Waals surface area contributed by atoms with E-state index in [9.17, 15) is 27.6 Å². The summed E-state index contributed by atoms with van der Waals surface area (Å²) in [6, 6.07) is 5.66. The number of benzene rings is 2. The molecule has 1 fully saturated rings. The average Bonchev–Trinajstić information content (AvgIpc) is 2.93. The molecule has 9 nitrogen and oxygen atoms in total. The maximum absolute atomic E-state index is 15.3. The largest absolute Gasteiger partial charge is 0.464 e. The van der Waals surface area contributed by atoms with E-state index in [0.717, 1.165) is 11.0 Å². The van der Waals surface area contributed by atoms with E-state index >= 15 is 4.39 Å². The number of morpholine rings is 1. The molecule has 4 rings (SSSR count). The third-order valence-electron chi connectivity index (χ3n) is 6.71. The van der Waals surface area contributed by atoms with Crippen LogP contribution in [0.2, 0.25) is 0 Å². The number of amides is 2. The molecule has 0 bridgehead atoms. The van der Waals surface area contributed by atoms with Crippen LogP contribution in [0.25, 0.3) is 10.9 Å². The van der Waals surface area contributed by atoms with E-state index in [1.807, 2.05) is 0 Å². The van der Waals surface area contributed by atoms with Crippen LogP contribution in [0.5, 0.6) is 0 Å². The van der Waals surface area contributed by atoms with Crippen LogP contribution in [0.3, 0.4) is 0 Å². The summed E-state index contributed by atoms with van der Waals surface area (Å²) in [6.45, 7) is 2.36. The third-order valence-corrected chi connectivity index (χ3v) is 6.71. The summed E-state index contributed by atoms with van der Waals surface area (Å²) in [6.07, 6.45) is -2.60. The number of carbonyl (C=O) groups is 3. The Morgan fingerprint density at radius 2 is 2.05 bits per heavy atom. The molecule has 1 saturated heterocycles. The first-order valence-electron chi connectivity index (χ1n) is 12.8. The first-order chi connectivity index (χ1) is 19.5. The molecule has 218 valence electrons. The van der Waals surface area contributed by atoms with Crippen LogP contribution in [0.15, 0.2) is 42.6 Å². The number of halogens is 4. The molecule has 2 atom stereocenters. The molecule has 0 saturated carbocycles. The molecule has 0 spiro atoms. The number of aromatic nitrogens is 1. The number of ether oxygens (including phenoxy) is 2. The van der Waals surface area contributed by atoms with E-state index in [0.29, 0.717) is 28.6 Å². The van der Waals surface area contributed by atoms with Gasteiger partial charge in [0.15, 0.2) is 0 Å². The first kappa shape index (κ1) is 29.7. The zero-order valence-electron chi connectivity index (χ0n) is 22.3. The molecule has 0 unspecified atom stereocenters. The number of esters is 1. The lowest BCUT2D eigenvalue weighted by atomic mass is 9.99. The van der Waals surface area contributed by atoms with E-state index in [1.54, 1.807) is 31.2 Å². The van der Waals surface area contributed by atoms with E-state index < -0.39 is 48.1 Å². The van der Waals surface area contributed by atoms with E-state index in [1.165, 1.54) is 19.2 Å². The van der Waals surface area contributed by atoms with Crippen LogP contribution in [-0.2, 0) is 25.5 Å². The second-order valence-corrected chi connectivity index (χ2v) is 9.36. The number of fused-ring (bicyclic) bond motifs is 1. The van der Waals surface area contributed by atoms with Crippen LogP contribution in [0, 0.1) is 12.7 Å². The van der Waals surface area contributed by atoms with Gasteiger partial charge in [-0.05, 0) is 49.2 Å². The summed E-state index contributed by atoms with van der Waals surface area (Å²) in [5.41, 5.74) is 1.15. The monoisotopic (exact) mass is 576 g/mol. The normalized spacial score (nSPS) is 16.2. The highest BCUT2D eigenvalue weighted by molar-refractivity contribution is 5.99. The maximum atomic E-state index is 15.3. The van der Waals surface area contributed by atoms with Gasteiger partial charge in [-0.1, -0.05) is 12.1 Å². The van der Waals surface area contributed by atoms with Crippen molar-refractivity contribution in [3.8, 4) is 0 Å². The minimum atomic E-state index is -4.60. The lowest BCUT2D eigenvalue weighted by Crippen LogP contribution is -2.53. The smallest absolute Gasteiger partial charge is 0.411 e. The van der Waals surface area contributed by atoms with Crippen molar-refractivity contribution in [2.45, 2.75) is 38.5 Å². The number of aryl methyl sites for hydroxylation is 1. The number of hydrogen-bond donors (Lipinski definition) is 2. The van der Waals surface area contributed by atoms with Gasteiger partial charge in [-0.25, -0.2) is 9.18 Å². The number of hydrogen-bond acceptors (Lipinski definition) is 7. The molecule has 0 radical (unpaired) electrons. The molecule has 2 aromatic carbocycles. The van der Waals surface area contributed by atoms with Gasteiger partial charge in [-0.3, -0.25) is 14.6 Å². The van der Waals surface area contributed by atoms with E-state index in [2.05, 4.69) is 15.6 Å². The number of nitrogens with one attached hydrogen (secondary N) is 2. The molecule has 2 N–H and O–H groups in total. The molecule has 2 amide bonds. The minimum Gasteiger partial charge on any atom is -0.464 e. The predicted molar refractivity (Wildman–Crippen MR) is 142 cm³/mol. The van der Waals surface area contributed by atoms with Crippen molar-refractivity contribution in [3.05, 3.63) is 65.1 Å². The molecule has 1 aliphatic rings. The quantitative estimate of drug-likeness (QED) is 0.226. The Morgan fingerprint density at radius 3 is 2.73 bits per heavy atom. The van der Waals surface area contributed by atoms with Crippen LogP contribution in [-0.4, -0.2) is 67.9 Å². The number of carbonyl (C=O) groups excluding carboxylic acids is 3. The van der Waals surface area contributed by atoms with E-state index in [4.69, 9.17) is 9.47 Å². The lowest BCUT2D eigenvalue weighted by Gasteiger charge is -2.38. The fourth-order valence-corrected chi connectivity index (χ4v) is 4.84. The van der Waals surface area contributed by atoms with Crippen molar-refractivity contribution >= 4 is 40.6 Å². The summed E-state index contributed by atoms with van der Waals surface area (Å²) < 4.78 is 66.1. The van der Waals surface area contributed by atoms with Gasteiger partial charge in [-0.2, -0.15) is 13.2 Å². The second-order valence-electron chi connectivity index (χ2n) is 9.36. The minimum absolute atomic E-state index is 0.0255. The van der Waals surface area contributed by atoms with Gasteiger partial charge in [0.25, 0.3) is 5.91 Å². The van der Waals surface area contributed by atoms with Crippen LogP contribution >= 0.6 is 0 Å². The Balaban J connectivity index is 1.63. The Labute approximate surface area is 232 Å². The first-order valence-corrected chi connectivity index (χ1v) is 12.8. The molecule has 2 heterocycles. The zero-order chi connectivity index (χ0) is 29.7. The highest BCUT2D eigenvalue weighted by Crippen LogP contribution is 2.33. The SMILES string of the molecule is CCOC(=O)[C@H](Cc1ccc(NC=O)c2ncccc12)NC(=O)c1c(C)cc(N2CCOC[C@@H]2C(F)(F)F)cc1F. The van der Waals surface area contributed by atoms with Crippen molar-refractivity contribution in [2.24, 2.45) is 0 Å². The molecular formula is C28H28F4N4O5. The maximum Gasteiger partial charge on any atom is 0.411 e. The summed E-state index contributed by atoms with van der Waals surface area (Å²) in [5.74, 6) is -2.73. The number of pyridine rings is 1. The zero-order valence-corrected chi connectivity index (χ0v) is 22.3. The van der Waals surface area contributed by atoms with Gasteiger partial charge in [0.05, 0.1) is 36.6 Å². The lowest BCUT2D eigenvalue weighted by molar-refractivity contribution is -0.167. The van der Waals surface area contributed by atoms with Gasteiger partial charge in [0.1, 0.15) is 17.9 Å². The summed E-state index contributed by atoms with van der Waals surface area (Å²) in [7, 11) is 0. The van der Waals surface area contributed by atoms with Crippen molar-refractivity contribution in [1.29, 1.82) is 0 Å². The number of anilines is 2. The number of alkyl halides is 3. The Morgan fingerprint density at radius 1 is 1.27 bits per heavy atom. The summed E-state index contributed by atoms with van der Waals surface area (Å²) >= 11 is 0. The molecule has 3 aromatic rings. The van der Waals surface area contributed by atoms with Gasteiger partial charge in [-0.15, -0.1) is 0 Å². The molecular weight excluding hydrogens is 548 g/mol. The fourth-order valence-electron chi connectivity index (χ4n) is 4.84. The highest BCUT2D eigenvalue weighted by Gasteiger charge is 2.45. The van der Waals surface area contributed by atoms with Crippen LogP contribution < -0.4 is 15.5 Å². The number of nitrogens with zero attached hydrogens (tertiary/aromatic N) is 2. The van der Waals surface area contributed by atoms with Crippen molar-refractivity contribution in [3.63, 3.8) is 0 Å². The highest BCUT2D eigenvalue weighted by atomic mass is 19.4. The van der Waals surface area contributed by atoms with Gasteiger partial charge in [0.2, 0.25) is 6.41 Å². The van der Waals surface area contributed by atoms with Gasteiger partial charge < -0.3 is 25.0 Å². The predicted octanol–water partition coefficient (Wildman–Crippen LogP) is 3.92. The van der Waals surface area contributed by atoms with E-state index in [-0.39, 0.29) is 37.4 Å². The average molecular weight is 577 g/mol. The van der Waals surface area contributed by atoms with Crippen molar-refractivity contribution in [1.82, 2.24) is 10.3 Å². The Hall–Kier alpha value is -4.26. The van der Waals surface area contributed by atoms with Crippen molar-refractivity contribution in [2.75, 3.05) is 36.6 Å². The van der Waals surface area contributed by atoms with Gasteiger partial charge >= 0.3 is 12.1 Å². The molecule has 1 aliphatic heterocycles. The molecule has 0 aliphatic carbocycles. The van der Waals surface area contributed by atoms with Crippen LogP contribution in [0.4, 0.5) is 28.9 Å². The standard InChI is InChI=1S/C28H28F4N4O5/c1-3-41-27(39)22(12-17-6-7-21(34-15-37)25-19(17)5-4-8-33-25)35-26(38)24-16(2)11-18(13-20(24)29)36-9-10-40-14-23(36)28(30,31)32/h4-8,11,13,15,22-23H,3,9-10,12,14H2,1-2H3,(H,34,37)(H,35,38)/t22-,23+/m0/s1. The molecule has 1 aromatic heterocycles. The summed E-state index contributed by atoms with van der Waals surface area (Å²) in [5, 5.41) is 5.70. The topological polar surface area (TPSA) is 110 Å². The van der Waals surface area contributed by atoms with Crippen molar-refractivity contribution < 1.29 is 41.4 Å². The Kier molecular flexibility index (Phi) is 9.06. The fraction of sp³-hybridized carbons (Fsp3) is 0.357. The molecule has 41 heavy (non-hydrogen) atoms. The summed E-state index contributed by atoms with van der Waals surface area (Å²) in [4.78, 5) is 42.4. The third kappa shape index (κ3) is 6.56. The Bertz CT molecular complexity index is 1430. The molecule has 13 heteroatoms. The van der Waals surface area contributed by atoms with Crippen LogP contribution in [0.1, 0.15) is 28.4 Å². The second kappa shape index (κ2) is 12.5.